The van der Waals surface area contributed by atoms with Crippen LogP contribution in [0.25, 0.3) is 0 Å². The molecule has 39 heavy (non-hydrogen) atoms. The van der Waals surface area contributed by atoms with Crippen LogP contribution in [-0.2, 0) is 18.0 Å². The lowest BCUT2D eigenvalue weighted by Gasteiger charge is -2.44. The molecule has 0 aliphatic carbocycles. The molecule has 2 heterocycles. The van der Waals surface area contributed by atoms with Gasteiger partial charge in [-0.3, -0.25) is 4.57 Å². The van der Waals surface area contributed by atoms with Gasteiger partial charge in [0.2, 0.25) is 0 Å². The zero-order valence-electron chi connectivity index (χ0n) is 27.6. The fourth-order valence-electron chi connectivity index (χ4n) is 3.62. The Bertz CT molecular complexity index is 1040. The van der Waals surface area contributed by atoms with Crippen LogP contribution in [0, 0.1) is 0 Å². The van der Waals surface area contributed by atoms with Crippen molar-refractivity contribution in [2.24, 2.45) is 0 Å². The Hall–Kier alpha value is -0.829. The number of ether oxygens (including phenoxy) is 1. The van der Waals surface area contributed by atoms with Crippen molar-refractivity contribution in [2.75, 3.05) is 19.0 Å². The van der Waals surface area contributed by atoms with Gasteiger partial charge in [0, 0.05) is 13.2 Å². The van der Waals surface area contributed by atoms with Gasteiger partial charge in [-0.25, -0.2) is 4.79 Å². The molecule has 1 aromatic rings. The van der Waals surface area contributed by atoms with Gasteiger partial charge in [0.1, 0.15) is 24.1 Å². The van der Waals surface area contributed by atoms with Crippen molar-refractivity contribution in [3.8, 4) is 0 Å². The quantitative estimate of drug-likeness (QED) is 0.306. The van der Waals surface area contributed by atoms with Gasteiger partial charge in [0.25, 0.3) is 0 Å². The highest BCUT2D eigenvalue weighted by Crippen LogP contribution is 2.46. The normalized spacial score (nSPS) is 23.8. The third-order valence-electron chi connectivity index (χ3n) is 9.53. The summed E-state index contributed by atoms with van der Waals surface area (Å²) in [7, 11) is -4.85. The molecule has 1 aliphatic rings. The van der Waals surface area contributed by atoms with Gasteiger partial charge < -0.3 is 23.3 Å². The Kier molecular flexibility index (Phi) is 10.1. The van der Waals surface area contributed by atoms with E-state index in [4.69, 9.17) is 18.0 Å². The molecule has 1 fully saturated rings. The molecule has 1 saturated heterocycles. The van der Waals surface area contributed by atoms with Gasteiger partial charge in [-0.05, 0) is 60.5 Å². The number of nitrogens with one attached hydrogen (secondary N) is 1. The molecule has 1 N–H and O–H groups in total. The van der Waals surface area contributed by atoms with Gasteiger partial charge in [0.15, 0.2) is 31.2 Å². The molecule has 0 unspecified atom stereocenters. The molecule has 11 heteroatoms. The van der Waals surface area contributed by atoms with Gasteiger partial charge in [0.05, 0.1) is 6.61 Å². The Balaban J connectivity index is 2.66. The van der Waals surface area contributed by atoms with E-state index in [-0.39, 0.29) is 33.0 Å². The lowest BCUT2D eigenvalue weighted by molar-refractivity contribution is -0.0509. The monoisotopic (exact) mass is 599 g/mol. The summed E-state index contributed by atoms with van der Waals surface area (Å²) < 4.78 is 29.2. The Morgan fingerprint density at radius 1 is 0.846 bits per heavy atom. The van der Waals surface area contributed by atoms with E-state index in [0.29, 0.717) is 12.4 Å². The summed E-state index contributed by atoms with van der Waals surface area (Å²) in [4.78, 5) is 17.4. The number of hydrogen-bond donors (Lipinski definition) is 1. The lowest BCUT2D eigenvalue weighted by atomic mass is 10.1. The Morgan fingerprint density at radius 2 is 1.31 bits per heavy atom. The second-order valence-corrected chi connectivity index (χ2v) is 29.9. The van der Waals surface area contributed by atoms with Gasteiger partial charge in [-0.2, -0.15) is 4.98 Å². The van der Waals surface area contributed by atoms with Gasteiger partial charge in [-0.1, -0.05) is 62.3 Å². The maximum Gasteiger partial charge on any atom is 0.351 e. The predicted molar refractivity (Wildman–Crippen MR) is 169 cm³/mol. The third-order valence-corrected chi connectivity index (χ3v) is 23.0. The fourth-order valence-corrected chi connectivity index (χ4v) is 7.24. The predicted octanol–water partition coefficient (Wildman–Crippen LogP) is 6.99. The van der Waals surface area contributed by atoms with E-state index in [9.17, 15) is 4.79 Å². The van der Waals surface area contributed by atoms with E-state index < -0.39 is 37.3 Å². The molecule has 1 aliphatic heterocycles. The van der Waals surface area contributed by atoms with Gasteiger partial charge in [-0.15, -0.1) is 0 Å². The highest BCUT2D eigenvalue weighted by atomic mass is 28.4. The second-order valence-electron chi connectivity index (χ2n) is 15.6. The summed E-state index contributed by atoms with van der Waals surface area (Å²) in [5, 5.41) is 2.96. The maximum atomic E-state index is 13.2. The Morgan fingerprint density at radius 3 is 1.72 bits per heavy atom. The summed E-state index contributed by atoms with van der Waals surface area (Å²) in [5.41, 5.74) is -0.382. The van der Waals surface area contributed by atoms with Crippen molar-refractivity contribution >= 4 is 30.8 Å². The van der Waals surface area contributed by atoms with Crippen LogP contribution in [0.15, 0.2) is 17.1 Å². The molecule has 4 atom stereocenters. The second kappa shape index (κ2) is 11.5. The highest BCUT2D eigenvalue weighted by Gasteiger charge is 2.55. The van der Waals surface area contributed by atoms with Crippen molar-refractivity contribution < 1.29 is 18.0 Å². The molecule has 0 amide bonds. The first-order chi connectivity index (χ1) is 17.3. The molecule has 2 rings (SSSR count). The molecule has 0 radical (unpaired) electrons. The summed E-state index contributed by atoms with van der Waals surface area (Å²) in [6.45, 7) is 34.0. The maximum absolute atomic E-state index is 13.2. The van der Waals surface area contributed by atoms with Crippen molar-refractivity contribution in [3.05, 3.63) is 22.7 Å². The third kappa shape index (κ3) is 7.72. The summed E-state index contributed by atoms with van der Waals surface area (Å²) >= 11 is 0. The SMILES string of the molecule is CNc1ccn([C@@H]2O[C@H](CO[Si](C)(C)C(C)(C)C)[C@@H](O[Si](C)(C)C(C)(C)C)[C@H]2O[Si](C)(C)C(C)(C)C)c(=O)n1. The molecule has 0 saturated carbocycles. The summed E-state index contributed by atoms with van der Waals surface area (Å²) in [6, 6.07) is 1.79. The number of hydrogen-bond acceptors (Lipinski definition) is 7. The number of aromatic nitrogens is 2. The van der Waals surface area contributed by atoms with E-state index in [1.165, 1.54) is 0 Å². The van der Waals surface area contributed by atoms with Crippen LogP contribution in [0.2, 0.25) is 54.4 Å². The van der Waals surface area contributed by atoms with Crippen molar-refractivity contribution in [1.29, 1.82) is 0 Å². The van der Waals surface area contributed by atoms with E-state index in [1.807, 2.05) is 0 Å². The lowest BCUT2D eigenvalue weighted by Crippen LogP contribution is -2.54. The fraction of sp³-hybridized carbons (Fsp3) is 0.857. The molecule has 0 bridgehead atoms. The average molecular weight is 600 g/mol. The molecule has 8 nitrogen and oxygen atoms in total. The van der Waals surface area contributed by atoms with Gasteiger partial charge >= 0.3 is 5.69 Å². The molecule has 0 spiro atoms. The van der Waals surface area contributed by atoms with E-state index in [1.54, 1.807) is 23.9 Å². The number of rotatable bonds is 9. The van der Waals surface area contributed by atoms with Crippen LogP contribution in [-0.4, -0.2) is 66.5 Å². The van der Waals surface area contributed by atoms with Crippen LogP contribution in [0.4, 0.5) is 5.82 Å². The largest absolute Gasteiger partial charge is 0.414 e. The highest BCUT2D eigenvalue weighted by molar-refractivity contribution is 6.75. The Labute approximate surface area is 241 Å². The van der Waals surface area contributed by atoms with E-state index in [2.05, 4.69) is 112 Å². The first kappa shape index (κ1) is 34.4. The van der Waals surface area contributed by atoms with Crippen LogP contribution in [0.3, 0.4) is 0 Å². The number of nitrogens with zero attached hydrogens (tertiary/aromatic N) is 2. The minimum atomic E-state index is -2.29. The topological polar surface area (TPSA) is 83.8 Å². The molecule has 1 aromatic heterocycles. The van der Waals surface area contributed by atoms with Crippen LogP contribution in [0.5, 0.6) is 0 Å². The minimum Gasteiger partial charge on any atom is -0.414 e. The van der Waals surface area contributed by atoms with E-state index in [0.717, 1.165) is 0 Å². The zero-order chi connectivity index (χ0) is 30.4. The smallest absolute Gasteiger partial charge is 0.351 e. The molecule has 226 valence electrons. The van der Waals surface area contributed by atoms with Crippen molar-refractivity contribution in [2.45, 2.75) is 141 Å². The molecular formula is C28H57N3O5Si3. The minimum absolute atomic E-state index is 0.00964. The van der Waals surface area contributed by atoms with Crippen molar-refractivity contribution in [3.63, 3.8) is 0 Å². The van der Waals surface area contributed by atoms with Crippen molar-refractivity contribution in [1.82, 2.24) is 9.55 Å². The first-order valence-electron chi connectivity index (χ1n) is 14.3. The van der Waals surface area contributed by atoms with Crippen LogP contribution >= 0.6 is 0 Å². The average Bonchev–Trinajstić information content (AvgIpc) is 3.05. The molecule has 0 aromatic carbocycles. The summed E-state index contributed by atoms with van der Waals surface area (Å²) in [5.74, 6) is 0.517. The van der Waals surface area contributed by atoms with Crippen LogP contribution in [0.1, 0.15) is 68.5 Å². The molecular weight excluding hydrogens is 543 g/mol. The standard InChI is InChI=1S/C28H57N3O5Si3/c1-26(2,3)37(11,12)33-19-20-22(35-38(13,14)27(4,5)6)23(36-39(15,16)28(7,8)9)24(34-20)31-18-17-21(29-10)30-25(31)32/h17-18,20,22-24H,19H2,1-16H3,(H,29,30,32)/t20-,22-,23-,24-/m1/s1. The number of anilines is 1. The van der Waals surface area contributed by atoms with Crippen LogP contribution < -0.4 is 11.0 Å². The summed E-state index contributed by atoms with van der Waals surface area (Å²) in [6.07, 6.45) is -0.177. The first-order valence-corrected chi connectivity index (χ1v) is 23.0. The zero-order valence-corrected chi connectivity index (χ0v) is 30.6. The van der Waals surface area contributed by atoms with E-state index >= 15 is 0 Å².